The van der Waals surface area contributed by atoms with Crippen LogP contribution < -0.4 is 5.32 Å². The number of ether oxygens (including phenoxy) is 1. The lowest BCUT2D eigenvalue weighted by molar-refractivity contribution is -0.146. The zero-order chi connectivity index (χ0) is 22.8. The summed E-state index contributed by atoms with van der Waals surface area (Å²) < 4.78 is 70.0. The fourth-order valence-corrected chi connectivity index (χ4v) is 3.51. The summed E-state index contributed by atoms with van der Waals surface area (Å²) in [4.78, 5) is 26.2. The average molecular weight is 442 g/mol. The Morgan fingerprint density at radius 2 is 1.81 bits per heavy atom. The van der Waals surface area contributed by atoms with E-state index in [4.69, 9.17) is 4.74 Å². The molecule has 1 heterocycles. The first-order chi connectivity index (χ1) is 14.6. The fraction of sp³-hybridized carbons (Fsp3) is 0.333. The topological polar surface area (TPSA) is 58.6 Å². The molecule has 2 aromatic rings. The van der Waals surface area contributed by atoms with E-state index in [1.165, 1.54) is 13.2 Å². The molecule has 0 aromatic heterocycles. The van der Waals surface area contributed by atoms with Crippen molar-refractivity contribution in [2.75, 3.05) is 13.7 Å². The molecule has 1 fully saturated rings. The molecule has 1 N–H and O–H groups in total. The standard InChI is InChI=1S/C21H19F5N2O3/c1-31-20(30)18-9-16(11-28(18)10-13-4-7-15(22)8-17(13)23)27-19(29)12-2-5-14(6-3-12)21(24,25)26/h2-8,16,18H,9-11H2,1H3,(H,27,29)/t16-,18+/m1/s1. The van der Waals surface area contributed by atoms with Gasteiger partial charge in [-0.05, 0) is 36.8 Å². The Bertz CT molecular complexity index is 962. The summed E-state index contributed by atoms with van der Waals surface area (Å²) in [5.41, 5.74) is -0.668. The van der Waals surface area contributed by atoms with Gasteiger partial charge >= 0.3 is 12.1 Å². The number of nitrogens with one attached hydrogen (secondary N) is 1. The zero-order valence-electron chi connectivity index (χ0n) is 16.4. The molecule has 1 saturated heterocycles. The summed E-state index contributed by atoms with van der Waals surface area (Å²) in [5.74, 6) is -2.67. The number of rotatable bonds is 5. The summed E-state index contributed by atoms with van der Waals surface area (Å²) in [5, 5.41) is 2.68. The molecule has 2 aromatic carbocycles. The Morgan fingerprint density at radius 3 is 2.39 bits per heavy atom. The number of amides is 1. The number of hydrogen-bond acceptors (Lipinski definition) is 4. The average Bonchev–Trinajstić information content (AvgIpc) is 3.11. The lowest BCUT2D eigenvalue weighted by Crippen LogP contribution is -2.38. The van der Waals surface area contributed by atoms with E-state index in [0.717, 1.165) is 36.4 Å². The van der Waals surface area contributed by atoms with Crippen LogP contribution in [0.15, 0.2) is 42.5 Å². The number of alkyl halides is 3. The van der Waals surface area contributed by atoms with E-state index >= 15 is 0 Å². The second-order valence-corrected chi connectivity index (χ2v) is 7.19. The van der Waals surface area contributed by atoms with Gasteiger partial charge in [-0.3, -0.25) is 14.5 Å². The van der Waals surface area contributed by atoms with Gasteiger partial charge in [0.05, 0.1) is 12.7 Å². The van der Waals surface area contributed by atoms with Crippen molar-refractivity contribution in [3.8, 4) is 0 Å². The second-order valence-electron chi connectivity index (χ2n) is 7.19. The van der Waals surface area contributed by atoms with Crippen LogP contribution in [0.4, 0.5) is 22.0 Å². The minimum absolute atomic E-state index is 0.0153. The van der Waals surface area contributed by atoms with Crippen LogP contribution in [0.1, 0.15) is 27.9 Å². The summed E-state index contributed by atoms with van der Waals surface area (Å²) in [6, 6.07) is 5.57. The smallest absolute Gasteiger partial charge is 0.416 e. The monoisotopic (exact) mass is 442 g/mol. The highest BCUT2D eigenvalue weighted by molar-refractivity contribution is 5.94. The van der Waals surface area contributed by atoms with E-state index in [1.807, 2.05) is 0 Å². The van der Waals surface area contributed by atoms with Gasteiger partial charge < -0.3 is 10.1 Å². The third-order valence-corrected chi connectivity index (χ3v) is 5.07. The molecule has 166 valence electrons. The van der Waals surface area contributed by atoms with Crippen LogP contribution in [0.2, 0.25) is 0 Å². The molecule has 2 atom stereocenters. The van der Waals surface area contributed by atoms with Gasteiger partial charge in [0.25, 0.3) is 5.91 Å². The number of hydrogen-bond donors (Lipinski definition) is 1. The molecule has 1 amide bonds. The first-order valence-electron chi connectivity index (χ1n) is 9.32. The maximum absolute atomic E-state index is 14.0. The van der Waals surface area contributed by atoms with Crippen molar-refractivity contribution >= 4 is 11.9 Å². The maximum atomic E-state index is 14.0. The van der Waals surface area contributed by atoms with Crippen LogP contribution in [0, 0.1) is 11.6 Å². The van der Waals surface area contributed by atoms with Crippen molar-refractivity contribution < 1.29 is 36.3 Å². The number of halogens is 5. The normalized spacial score (nSPS) is 19.3. The predicted octanol–water partition coefficient (Wildman–Crippen LogP) is 3.53. The predicted molar refractivity (Wildman–Crippen MR) is 99.9 cm³/mol. The van der Waals surface area contributed by atoms with Gasteiger partial charge in [-0.1, -0.05) is 6.07 Å². The van der Waals surface area contributed by atoms with E-state index in [-0.39, 0.29) is 30.6 Å². The Labute approximate surface area is 174 Å². The molecule has 10 heteroatoms. The van der Waals surface area contributed by atoms with E-state index in [0.29, 0.717) is 0 Å². The Hall–Kier alpha value is -3.01. The van der Waals surface area contributed by atoms with Gasteiger partial charge in [-0.25, -0.2) is 8.78 Å². The van der Waals surface area contributed by atoms with E-state index in [1.54, 1.807) is 4.90 Å². The Kier molecular flexibility index (Phi) is 6.59. The fourth-order valence-electron chi connectivity index (χ4n) is 3.51. The molecule has 0 unspecified atom stereocenters. The number of esters is 1. The summed E-state index contributed by atoms with van der Waals surface area (Å²) >= 11 is 0. The van der Waals surface area contributed by atoms with Crippen LogP contribution in [0.5, 0.6) is 0 Å². The van der Waals surface area contributed by atoms with Crippen LogP contribution in [0.25, 0.3) is 0 Å². The van der Waals surface area contributed by atoms with Crippen LogP contribution in [-0.2, 0) is 22.3 Å². The Balaban J connectivity index is 1.70. The van der Waals surface area contributed by atoms with Gasteiger partial charge in [0.15, 0.2) is 0 Å². The molecule has 0 bridgehead atoms. The SMILES string of the molecule is COC(=O)[C@@H]1C[C@@H](NC(=O)c2ccc(C(F)(F)F)cc2)CN1Cc1ccc(F)cc1F. The van der Waals surface area contributed by atoms with E-state index < -0.39 is 47.3 Å². The minimum Gasteiger partial charge on any atom is -0.468 e. The van der Waals surface area contributed by atoms with Gasteiger partial charge in [0.1, 0.15) is 17.7 Å². The van der Waals surface area contributed by atoms with Gasteiger partial charge in [0.2, 0.25) is 0 Å². The molecule has 3 rings (SSSR count). The summed E-state index contributed by atoms with van der Waals surface area (Å²) in [7, 11) is 1.20. The number of nitrogens with zero attached hydrogens (tertiary/aromatic N) is 1. The Morgan fingerprint density at radius 1 is 1.13 bits per heavy atom. The number of carbonyl (C=O) groups excluding carboxylic acids is 2. The molecular weight excluding hydrogens is 423 g/mol. The molecule has 1 aliphatic rings. The molecule has 5 nitrogen and oxygen atoms in total. The third kappa shape index (κ3) is 5.38. The largest absolute Gasteiger partial charge is 0.468 e. The summed E-state index contributed by atoms with van der Waals surface area (Å²) in [6.07, 6.45) is -4.34. The van der Waals surface area contributed by atoms with Crippen LogP contribution in [-0.4, -0.2) is 42.5 Å². The molecule has 0 saturated carbocycles. The first kappa shape index (κ1) is 22.7. The number of benzene rings is 2. The molecule has 1 aliphatic heterocycles. The quantitative estimate of drug-likeness (QED) is 0.569. The molecule has 0 aliphatic carbocycles. The van der Waals surface area contributed by atoms with Crippen molar-refractivity contribution in [1.82, 2.24) is 10.2 Å². The van der Waals surface area contributed by atoms with Crippen LogP contribution >= 0.6 is 0 Å². The highest BCUT2D eigenvalue weighted by Gasteiger charge is 2.38. The summed E-state index contributed by atoms with van der Waals surface area (Å²) in [6.45, 7) is 0.154. The van der Waals surface area contributed by atoms with Crippen molar-refractivity contribution in [3.63, 3.8) is 0 Å². The van der Waals surface area contributed by atoms with E-state index in [2.05, 4.69) is 5.32 Å². The highest BCUT2D eigenvalue weighted by atomic mass is 19.4. The molecular formula is C21H19F5N2O3. The number of carbonyl (C=O) groups is 2. The molecule has 0 spiro atoms. The third-order valence-electron chi connectivity index (χ3n) is 5.07. The number of methoxy groups -OCH3 is 1. The lowest BCUT2D eigenvalue weighted by atomic mass is 10.1. The molecule has 31 heavy (non-hydrogen) atoms. The minimum atomic E-state index is -4.51. The van der Waals surface area contributed by atoms with Crippen LogP contribution in [0.3, 0.4) is 0 Å². The zero-order valence-corrected chi connectivity index (χ0v) is 16.4. The lowest BCUT2D eigenvalue weighted by Gasteiger charge is -2.22. The van der Waals surface area contributed by atoms with Gasteiger partial charge in [-0.2, -0.15) is 13.2 Å². The van der Waals surface area contributed by atoms with Crippen molar-refractivity contribution in [3.05, 3.63) is 70.8 Å². The van der Waals surface area contributed by atoms with Crippen molar-refractivity contribution in [2.24, 2.45) is 0 Å². The van der Waals surface area contributed by atoms with Crippen molar-refractivity contribution in [2.45, 2.75) is 31.2 Å². The second kappa shape index (κ2) is 9.01. The highest BCUT2D eigenvalue weighted by Crippen LogP contribution is 2.29. The maximum Gasteiger partial charge on any atom is 0.416 e. The van der Waals surface area contributed by atoms with E-state index in [9.17, 15) is 31.5 Å². The first-order valence-corrected chi connectivity index (χ1v) is 9.32. The molecule has 0 radical (unpaired) electrons. The van der Waals surface area contributed by atoms with Gasteiger partial charge in [0, 0.05) is 36.3 Å². The number of likely N-dealkylation sites (tertiary alicyclic amines) is 1. The van der Waals surface area contributed by atoms with Crippen molar-refractivity contribution in [1.29, 1.82) is 0 Å². The van der Waals surface area contributed by atoms with Gasteiger partial charge in [-0.15, -0.1) is 0 Å².